The molecule has 0 unspecified atom stereocenters. The predicted molar refractivity (Wildman–Crippen MR) is 148 cm³/mol. The summed E-state index contributed by atoms with van der Waals surface area (Å²) in [6.45, 7) is 1.88. The lowest BCUT2D eigenvalue weighted by molar-refractivity contribution is -0.138. The number of thioether (sulfide) groups is 1. The van der Waals surface area contributed by atoms with E-state index < -0.39 is 11.9 Å². The number of nitrogens with zero attached hydrogens (tertiary/aromatic N) is 1. The van der Waals surface area contributed by atoms with Crippen LogP contribution in [0.4, 0.5) is 5.69 Å². The Bertz CT molecular complexity index is 1440. The Morgan fingerprint density at radius 3 is 2.54 bits per heavy atom. The molecule has 1 aliphatic rings. The summed E-state index contributed by atoms with van der Waals surface area (Å²) in [4.78, 5) is 26.2. The number of nitrogens with one attached hydrogen (secondary N) is 2. The molecular formula is C29H27N3O6S. The number of anilines is 1. The van der Waals surface area contributed by atoms with Crippen molar-refractivity contribution in [3.05, 3.63) is 94.4 Å². The van der Waals surface area contributed by atoms with Gasteiger partial charge in [0.05, 0.1) is 72.4 Å². The van der Waals surface area contributed by atoms with Crippen LogP contribution in [-0.4, -0.2) is 38.5 Å². The second kappa shape index (κ2) is 12.8. The minimum atomic E-state index is -0.829. The number of amides is 1. The highest BCUT2D eigenvalue weighted by Gasteiger charge is 2.39. The Kier molecular flexibility index (Phi) is 8.97. The van der Waals surface area contributed by atoms with Gasteiger partial charge in [-0.2, -0.15) is 5.26 Å². The van der Waals surface area contributed by atoms with E-state index >= 15 is 0 Å². The monoisotopic (exact) mass is 545 g/mol. The molecule has 0 bridgehead atoms. The van der Waals surface area contributed by atoms with Crippen LogP contribution in [0.3, 0.4) is 0 Å². The molecule has 2 N–H and O–H groups in total. The summed E-state index contributed by atoms with van der Waals surface area (Å²) in [6, 6.07) is 20.0. The highest BCUT2D eigenvalue weighted by molar-refractivity contribution is 8.03. The van der Waals surface area contributed by atoms with Crippen LogP contribution < -0.4 is 20.1 Å². The smallest absolute Gasteiger partial charge is 0.337 e. The van der Waals surface area contributed by atoms with E-state index in [2.05, 4.69) is 16.7 Å². The number of furan rings is 1. The predicted octanol–water partition coefficient (Wildman–Crippen LogP) is 5.07. The summed E-state index contributed by atoms with van der Waals surface area (Å²) in [5.74, 6) is -0.298. The largest absolute Gasteiger partial charge is 0.497 e. The second-order valence-corrected chi connectivity index (χ2v) is 9.19. The molecule has 0 spiro atoms. The maximum absolute atomic E-state index is 13.3. The van der Waals surface area contributed by atoms with Crippen molar-refractivity contribution in [1.29, 1.82) is 5.26 Å². The molecule has 2 aromatic carbocycles. The first-order chi connectivity index (χ1) is 19.0. The van der Waals surface area contributed by atoms with Gasteiger partial charge in [0.25, 0.3) is 0 Å². The molecule has 1 aromatic heterocycles. The van der Waals surface area contributed by atoms with Crippen molar-refractivity contribution in [2.75, 3.05) is 31.9 Å². The van der Waals surface area contributed by atoms with Crippen molar-refractivity contribution < 1.29 is 28.2 Å². The number of hydrogen-bond acceptors (Lipinski definition) is 9. The van der Waals surface area contributed by atoms with E-state index in [0.717, 1.165) is 17.3 Å². The zero-order chi connectivity index (χ0) is 27.8. The molecule has 0 fully saturated rings. The fraction of sp³-hybridized carbons (Fsp3) is 0.207. The van der Waals surface area contributed by atoms with Crippen molar-refractivity contribution >= 4 is 35.0 Å². The molecule has 0 saturated heterocycles. The van der Waals surface area contributed by atoms with Gasteiger partial charge in [0.2, 0.25) is 5.91 Å². The van der Waals surface area contributed by atoms with Crippen LogP contribution in [-0.2, 0) is 14.3 Å². The lowest BCUT2D eigenvalue weighted by atomic mass is 9.84. The summed E-state index contributed by atoms with van der Waals surface area (Å²) in [6.07, 6.45) is 1.49. The standard InChI is InChI=1S/C29H27N3O6S/c1-4-37-29(34)26-25(23-11-8-14-38-23)20(16-30)28(32-27(26)18-9-6-5-7-10-18)39-17-24(33)31-21-15-19(35-2)12-13-22(21)36-3/h5-15,25,32H,4,17H2,1-3H3,(H,31,33)/t25-/m1/s1. The zero-order valence-corrected chi connectivity index (χ0v) is 22.5. The maximum atomic E-state index is 13.3. The van der Waals surface area contributed by atoms with Gasteiger partial charge in [0.15, 0.2) is 0 Å². The highest BCUT2D eigenvalue weighted by atomic mass is 32.2. The van der Waals surface area contributed by atoms with Gasteiger partial charge in [-0.3, -0.25) is 4.79 Å². The third-order valence-electron chi connectivity index (χ3n) is 5.86. The number of allylic oxidation sites excluding steroid dienone is 1. The number of benzene rings is 2. The van der Waals surface area contributed by atoms with Crippen LogP contribution in [0.25, 0.3) is 5.70 Å². The molecule has 0 aliphatic carbocycles. The lowest BCUT2D eigenvalue weighted by Gasteiger charge is -2.29. The second-order valence-electron chi connectivity index (χ2n) is 8.21. The van der Waals surface area contributed by atoms with Crippen LogP contribution in [0.15, 0.2) is 87.5 Å². The fourth-order valence-electron chi connectivity index (χ4n) is 4.13. The summed E-state index contributed by atoms with van der Waals surface area (Å²) in [7, 11) is 3.04. The van der Waals surface area contributed by atoms with E-state index in [-0.39, 0.29) is 29.4 Å². The molecule has 10 heteroatoms. The van der Waals surface area contributed by atoms with Gasteiger partial charge in [-0.25, -0.2) is 4.79 Å². The van der Waals surface area contributed by atoms with E-state index in [9.17, 15) is 14.9 Å². The third-order valence-corrected chi connectivity index (χ3v) is 6.88. The van der Waals surface area contributed by atoms with E-state index in [0.29, 0.717) is 33.7 Å². The topological polar surface area (TPSA) is 123 Å². The van der Waals surface area contributed by atoms with Crippen molar-refractivity contribution in [3.63, 3.8) is 0 Å². The van der Waals surface area contributed by atoms with Gasteiger partial charge in [-0.15, -0.1) is 0 Å². The van der Waals surface area contributed by atoms with Gasteiger partial charge >= 0.3 is 5.97 Å². The van der Waals surface area contributed by atoms with Crippen molar-refractivity contribution in [2.24, 2.45) is 0 Å². The molecule has 1 atom stereocenters. The molecular weight excluding hydrogens is 518 g/mol. The number of methoxy groups -OCH3 is 2. The van der Waals surface area contributed by atoms with Crippen molar-refractivity contribution in [2.45, 2.75) is 12.8 Å². The molecule has 2 heterocycles. The van der Waals surface area contributed by atoms with Gasteiger partial charge in [-0.1, -0.05) is 42.1 Å². The molecule has 39 heavy (non-hydrogen) atoms. The number of nitriles is 1. The van der Waals surface area contributed by atoms with Crippen LogP contribution in [0, 0.1) is 11.3 Å². The highest BCUT2D eigenvalue weighted by Crippen LogP contribution is 2.43. The van der Waals surface area contributed by atoms with Crippen LogP contribution >= 0.6 is 11.8 Å². The zero-order valence-electron chi connectivity index (χ0n) is 21.6. The summed E-state index contributed by atoms with van der Waals surface area (Å²) in [5.41, 5.74) is 2.15. The molecule has 200 valence electrons. The van der Waals surface area contributed by atoms with Crippen LogP contribution in [0.5, 0.6) is 11.5 Å². The Labute approximate surface area is 230 Å². The minimum Gasteiger partial charge on any atom is -0.497 e. The van der Waals surface area contributed by atoms with E-state index in [1.165, 1.54) is 20.5 Å². The van der Waals surface area contributed by atoms with Crippen molar-refractivity contribution in [1.82, 2.24) is 5.32 Å². The minimum absolute atomic E-state index is 0.0322. The fourth-order valence-corrected chi connectivity index (χ4v) is 4.98. The first kappa shape index (κ1) is 27.4. The average molecular weight is 546 g/mol. The molecule has 9 nitrogen and oxygen atoms in total. The first-order valence-corrected chi connectivity index (χ1v) is 13.0. The van der Waals surface area contributed by atoms with E-state index in [4.69, 9.17) is 18.6 Å². The first-order valence-electron chi connectivity index (χ1n) is 12.1. The van der Waals surface area contributed by atoms with Gasteiger partial charge < -0.3 is 29.3 Å². The maximum Gasteiger partial charge on any atom is 0.337 e. The number of carbonyl (C=O) groups excluding carboxylic acids is 2. The normalized spacial score (nSPS) is 14.8. The summed E-state index contributed by atoms with van der Waals surface area (Å²) in [5, 5.41) is 16.7. The summed E-state index contributed by atoms with van der Waals surface area (Å²) >= 11 is 1.14. The number of dihydropyridines is 1. The molecule has 0 radical (unpaired) electrons. The molecule has 3 aromatic rings. The molecule has 0 saturated carbocycles. The Morgan fingerprint density at radius 1 is 1.10 bits per heavy atom. The number of esters is 1. The van der Waals surface area contributed by atoms with Gasteiger partial charge in [0, 0.05) is 6.07 Å². The third kappa shape index (κ3) is 6.10. The number of carbonyl (C=O) groups is 2. The van der Waals surface area contributed by atoms with E-state index in [1.54, 1.807) is 37.3 Å². The average Bonchev–Trinajstić information content (AvgIpc) is 3.50. The summed E-state index contributed by atoms with van der Waals surface area (Å²) < 4.78 is 21.7. The quantitative estimate of drug-likeness (QED) is 0.336. The van der Waals surface area contributed by atoms with Gasteiger partial charge in [-0.05, 0) is 36.8 Å². The van der Waals surface area contributed by atoms with Crippen molar-refractivity contribution in [3.8, 4) is 17.6 Å². The molecule has 1 amide bonds. The molecule has 4 rings (SSSR count). The Hall–Kier alpha value is -4.62. The van der Waals surface area contributed by atoms with Gasteiger partial charge in [0.1, 0.15) is 17.3 Å². The SMILES string of the molecule is CCOC(=O)C1=C(c2ccccc2)NC(SCC(=O)Nc2cc(OC)ccc2OC)=C(C#N)[C@@H]1c1ccco1. The Morgan fingerprint density at radius 2 is 1.90 bits per heavy atom. The van der Waals surface area contributed by atoms with Crippen LogP contribution in [0.2, 0.25) is 0 Å². The number of rotatable bonds is 10. The van der Waals surface area contributed by atoms with E-state index in [1.807, 2.05) is 30.3 Å². The number of ether oxygens (including phenoxy) is 3. The van der Waals surface area contributed by atoms with Crippen LogP contribution in [0.1, 0.15) is 24.2 Å². The number of hydrogen-bond donors (Lipinski definition) is 2. The lowest BCUT2D eigenvalue weighted by Crippen LogP contribution is -2.29. The molecule has 1 aliphatic heterocycles. The Balaban J connectivity index is 1.69.